The Bertz CT molecular complexity index is 1400. The average Bonchev–Trinajstić information content (AvgIpc) is 3.23. The van der Waals surface area contributed by atoms with Gasteiger partial charge in [0.1, 0.15) is 5.52 Å². The van der Waals surface area contributed by atoms with Crippen molar-refractivity contribution in [1.82, 2.24) is 4.98 Å². The highest BCUT2D eigenvalue weighted by Gasteiger charge is 2.10. The van der Waals surface area contributed by atoms with Gasteiger partial charge in [0.15, 0.2) is 5.58 Å². The standard InChI is InChI=1S/C26H15ClN2O/c27-23-14-21(18-6-3-5-17(11-18)16-28)13-22(15-23)19-7-4-8-20(12-19)26-29-24-9-1-2-10-25(24)30-26/h1-15H. The fourth-order valence-electron chi connectivity index (χ4n) is 3.52. The first-order valence-corrected chi connectivity index (χ1v) is 9.85. The minimum Gasteiger partial charge on any atom is -0.436 e. The maximum atomic E-state index is 9.20. The lowest BCUT2D eigenvalue weighted by atomic mass is 9.97. The molecule has 5 rings (SSSR count). The Balaban J connectivity index is 1.58. The first kappa shape index (κ1) is 18.2. The number of fused-ring (bicyclic) bond motifs is 1. The van der Waals surface area contributed by atoms with Crippen molar-refractivity contribution >= 4 is 22.7 Å². The molecule has 0 N–H and O–H groups in total. The number of para-hydroxylation sites is 2. The Hall–Kier alpha value is -3.87. The van der Waals surface area contributed by atoms with Gasteiger partial charge in [-0.25, -0.2) is 4.98 Å². The van der Waals surface area contributed by atoms with Crippen molar-refractivity contribution in [3.63, 3.8) is 0 Å². The van der Waals surface area contributed by atoms with E-state index in [1.165, 1.54) is 0 Å². The van der Waals surface area contributed by atoms with Crippen LogP contribution in [0.4, 0.5) is 0 Å². The third-order valence-corrected chi connectivity index (χ3v) is 5.18. The fraction of sp³-hybridized carbons (Fsp3) is 0. The Morgan fingerprint density at radius 3 is 2.13 bits per heavy atom. The van der Waals surface area contributed by atoms with Crippen LogP contribution >= 0.6 is 11.6 Å². The van der Waals surface area contributed by atoms with Gasteiger partial charge in [0.05, 0.1) is 11.6 Å². The van der Waals surface area contributed by atoms with Crippen molar-refractivity contribution in [2.45, 2.75) is 0 Å². The number of oxazole rings is 1. The van der Waals surface area contributed by atoms with Crippen LogP contribution in [-0.4, -0.2) is 4.98 Å². The van der Waals surface area contributed by atoms with E-state index in [9.17, 15) is 5.26 Å². The summed E-state index contributed by atoms with van der Waals surface area (Å²) >= 11 is 6.44. The number of aromatic nitrogens is 1. The van der Waals surface area contributed by atoms with E-state index in [4.69, 9.17) is 16.0 Å². The van der Waals surface area contributed by atoms with Crippen LogP contribution in [0.25, 0.3) is 44.8 Å². The molecule has 0 saturated carbocycles. The van der Waals surface area contributed by atoms with E-state index < -0.39 is 0 Å². The van der Waals surface area contributed by atoms with Crippen molar-refractivity contribution < 1.29 is 4.42 Å². The summed E-state index contributed by atoms with van der Waals surface area (Å²) in [6, 6.07) is 31.4. The first-order chi connectivity index (χ1) is 14.7. The van der Waals surface area contributed by atoms with E-state index in [1.807, 2.05) is 78.9 Å². The quantitative estimate of drug-likeness (QED) is 0.314. The molecule has 4 heteroatoms. The van der Waals surface area contributed by atoms with Crippen LogP contribution in [0.2, 0.25) is 5.02 Å². The molecule has 0 fully saturated rings. The van der Waals surface area contributed by atoms with Crippen LogP contribution in [0.15, 0.2) is 95.4 Å². The smallest absolute Gasteiger partial charge is 0.227 e. The molecule has 30 heavy (non-hydrogen) atoms. The van der Waals surface area contributed by atoms with Crippen LogP contribution < -0.4 is 0 Å². The molecular formula is C26H15ClN2O. The largest absolute Gasteiger partial charge is 0.436 e. The number of rotatable bonds is 3. The van der Waals surface area contributed by atoms with Gasteiger partial charge in [0, 0.05) is 10.6 Å². The molecule has 5 aromatic rings. The van der Waals surface area contributed by atoms with Gasteiger partial charge < -0.3 is 4.42 Å². The first-order valence-electron chi connectivity index (χ1n) is 9.47. The Labute approximate surface area is 178 Å². The Kier molecular flexibility index (Phi) is 4.55. The molecule has 0 radical (unpaired) electrons. The lowest BCUT2D eigenvalue weighted by Gasteiger charge is -2.09. The second-order valence-electron chi connectivity index (χ2n) is 6.99. The van der Waals surface area contributed by atoms with Gasteiger partial charge >= 0.3 is 0 Å². The second-order valence-corrected chi connectivity index (χ2v) is 7.43. The van der Waals surface area contributed by atoms with Crippen molar-refractivity contribution in [1.29, 1.82) is 5.26 Å². The molecule has 0 spiro atoms. The minimum absolute atomic E-state index is 0.585. The van der Waals surface area contributed by atoms with Crippen LogP contribution in [0.3, 0.4) is 0 Å². The normalized spacial score (nSPS) is 10.8. The van der Waals surface area contributed by atoms with Gasteiger partial charge in [-0.15, -0.1) is 0 Å². The zero-order valence-corrected chi connectivity index (χ0v) is 16.6. The number of benzene rings is 4. The number of hydrogen-bond acceptors (Lipinski definition) is 3. The van der Waals surface area contributed by atoms with E-state index in [0.717, 1.165) is 38.9 Å². The summed E-state index contributed by atoms with van der Waals surface area (Å²) in [5.74, 6) is 0.585. The lowest BCUT2D eigenvalue weighted by Crippen LogP contribution is -1.85. The SMILES string of the molecule is N#Cc1cccc(-c2cc(Cl)cc(-c3cccc(-c4nc5ccccc5o4)c3)c2)c1. The van der Waals surface area contributed by atoms with Crippen LogP contribution in [0.5, 0.6) is 0 Å². The summed E-state index contributed by atoms with van der Waals surface area (Å²) in [6.07, 6.45) is 0. The molecule has 3 nitrogen and oxygen atoms in total. The Morgan fingerprint density at radius 1 is 0.700 bits per heavy atom. The van der Waals surface area contributed by atoms with Gasteiger partial charge in [0.25, 0.3) is 0 Å². The summed E-state index contributed by atoms with van der Waals surface area (Å²) in [6.45, 7) is 0. The molecule has 0 aliphatic heterocycles. The molecular weight excluding hydrogens is 392 g/mol. The molecule has 0 aliphatic carbocycles. The van der Waals surface area contributed by atoms with Gasteiger partial charge in [-0.05, 0) is 76.9 Å². The van der Waals surface area contributed by atoms with Gasteiger partial charge in [-0.2, -0.15) is 5.26 Å². The van der Waals surface area contributed by atoms with Crippen LogP contribution in [-0.2, 0) is 0 Å². The van der Waals surface area contributed by atoms with Gasteiger partial charge in [-0.3, -0.25) is 0 Å². The molecule has 0 aliphatic rings. The molecule has 1 heterocycles. The summed E-state index contributed by atoms with van der Waals surface area (Å²) < 4.78 is 5.92. The average molecular weight is 407 g/mol. The molecule has 142 valence electrons. The van der Waals surface area contributed by atoms with Crippen molar-refractivity contribution in [2.75, 3.05) is 0 Å². The highest BCUT2D eigenvalue weighted by Crippen LogP contribution is 2.33. The van der Waals surface area contributed by atoms with Crippen LogP contribution in [0.1, 0.15) is 5.56 Å². The van der Waals surface area contributed by atoms with Crippen molar-refractivity contribution in [2.24, 2.45) is 0 Å². The number of nitrogens with zero attached hydrogens (tertiary/aromatic N) is 2. The highest BCUT2D eigenvalue weighted by molar-refractivity contribution is 6.31. The highest BCUT2D eigenvalue weighted by atomic mass is 35.5. The summed E-state index contributed by atoms with van der Waals surface area (Å²) in [5.41, 5.74) is 7.02. The van der Waals surface area contributed by atoms with E-state index in [-0.39, 0.29) is 0 Å². The van der Waals surface area contributed by atoms with E-state index >= 15 is 0 Å². The summed E-state index contributed by atoms with van der Waals surface area (Å²) in [4.78, 5) is 4.60. The van der Waals surface area contributed by atoms with Gasteiger partial charge in [-0.1, -0.05) is 48.0 Å². The zero-order chi connectivity index (χ0) is 20.5. The maximum Gasteiger partial charge on any atom is 0.227 e. The lowest BCUT2D eigenvalue weighted by molar-refractivity contribution is 0.620. The topological polar surface area (TPSA) is 49.8 Å². The predicted octanol–water partition coefficient (Wildman–Crippen LogP) is 7.35. The Morgan fingerprint density at radius 2 is 1.37 bits per heavy atom. The zero-order valence-electron chi connectivity index (χ0n) is 15.8. The second kappa shape index (κ2) is 7.51. The monoisotopic (exact) mass is 406 g/mol. The maximum absolute atomic E-state index is 9.20. The molecule has 0 bridgehead atoms. The molecule has 0 atom stereocenters. The van der Waals surface area contributed by atoms with Crippen molar-refractivity contribution in [3.8, 4) is 39.8 Å². The predicted molar refractivity (Wildman–Crippen MR) is 120 cm³/mol. The molecule has 0 unspecified atom stereocenters. The minimum atomic E-state index is 0.585. The van der Waals surface area contributed by atoms with E-state index in [0.29, 0.717) is 16.5 Å². The third-order valence-electron chi connectivity index (χ3n) is 4.96. The molecule has 1 aromatic heterocycles. The fourth-order valence-corrected chi connectivity index (χ4v) is 3.75. The van der Waals surface area contributed by atoms with E-state index in [1.54, 1.807) is 6.07 Å². The molecule has 0 amide bonds. The van der Waals surface area contributed by atoms with Crippen LogP contribution in [0, 0.1) is 11.3 Å². The summed E-state index contributed by atoms with van der Waals surface area (Å²) in [5, 5.41) is 9.83. The van der Waals surface area contributed by atoms with Crippen molar-refractivity contribution in [3.05, 3.63) is 102 Å². The van der Waals surface area contributed by atoms with E-state index in [2.05, 4.69) is 17.1 Å². The van der Waals surface area contributed by atoms with Gasteiger partial charge in [0.2, 0.25) is 5.89 Å². The number of nitriles is 1. The number of hydrogen-bond donors (Lipinski definition) is 0. The number of halogens is 1. The molecule has 0 saturated heterocycles. The summed E-state index contributed by atoms with van der Waals surface area (Å²) in [7, 11) is 0. The molecule has 4 aromatic carbocycles. The third kappa shape index (κ3) is 3.45.